The molecule has 30 heavy (non-hydrogen) atoms. The number of amides is 2. The van der Waals surface area contributed by atoms with Gasteiger partial charge < -0.3 is 20.1 Å². The van der Waals surface area contributed by atoms with Crippen LogP contribution in [0.3, 0.4) is 0 Å². The third-order valence-corrected chi connectivity index (χ3v) is 4.23. The minimum atomic E-state index is -0.291. The summed E-state index contributed by atoms with van der Waals surface area (Å²) < 4.78 is 11.4. The smallest absolute Gasteiger partial charge is 0.259 e. The molecule has 3 rings (SSSR count). The number of nitrogens with one attached hydrogen (secondary N) is 2. The minimum absolute atomic E-state index is 0.146. The van der Waals surface area contributed by atoms with Gasteiger partial charge in [-0.25, -0.2) is 0 Å². The molecule has 0 heterocycles. The van der Waals surface area contributed by atoms with Gasteiger partial charge in [0, 0.05) is 17.8 Å². The molecule has 6 nitrogen and oxygen atoms in total. The SMILES string of the molecule is CCNC(=O)c1ccc(NC(=O)c2ccccc2OCCOc2ccccc2)cc1. The number of benzene rings is 3. The molecule has 0 radical (unpaired) electrons. The van der Waals surface area contributed by atoms with Crippen molar-refractivity contribution in [2.24, 2.45) is 0 Å². The first-order valence-corrected chi connectivity index (χ1v) is 9.76. The molecule has 0 aliphatic heterocycles. The molecule has 2 amide bonds. The first-order chi connectivity index (χ1) is 14.7. The van der Waals surface area contributed by atoms with Crippen molar-refractivity contribution in [3.63, 3.8) is 0 Å². The second-order valence-corrected chi connectivity index (χ2v) is 6.40. The number of anilines is 1. The molecule has 0 aliphatic carbocycles. The Bertz CT molecular complexity index is 972. The topological polar surface area (TPSA) is 76.7 Å². The molecule has 0 aliphatic rings. The predicted octanol–water partition coefficient (Wildman–Crippen LogP) is 4.15. The summed E-state index contributed by atoms with van der Waals surface area (Å²) >= 11 is 0. The fraction of sp³-hybridized carbons (Fsp3) is 0.167. The lowest BCUT2D eigenvalue weighted by Gasteiger charge is -2.12. The molecule has 3 aromatic carbocycles. The lowest BCUT2D eigenvalue weighted by molar-refractivity contribution is 0.0955. The molecule has 0 unspecified atom stereocenters. The minimum Gasteiger partial charge on any atom is -0.490 e. The van der Waals surface area contributed by atoms with Crippen LogP contribution in [-0.4, -0.2) is 31.6 Å². The molecule has 0 bridgehead atoms. The van der Waals surface area contributed by atoms with Crippen LogP contribution in [0.5, 0.6) is 11.5 Å². The van der Waals surface area contributed by atoms with E-state index in [2.05, 4.69) is 10.6 Å². The Kier molecular flexibility index (Phi) is 7.44. The van der Waals surface area contributed by atoms with Gasteiger partial charge in [-0.1, -0.05) is 30.3 Å². The largest absolute Gasteiger partial charge is 0.490 e. The van der Waals surface area contributed by atoms with Gasteiger partial charge in [-0.05, 0) is 55.5 Å². The van der Waals surface area contributed by atoms with Crippen LogP contribution in [0.1, 0.15) is 27.6 Å². The molecule has 0 fully saturated rings. The third-order valence-electron chi connectivity index (χ3n) is 4.23. The molecule has 0 atom stereocenters. The molecule has 0 saturated heterocycles. The van der Waals surface area contributed by atoms with Gasteiger partial charge in [-0.2, -0.15) is 0 Å². The number of rotatable bonds is 9. The summed E-state index contributed by atoms with van der Waals surface area (Å²) in [4.78, 5) is 24.5. The van der Waals surface area contributed by atoms with Crippen LogP contribution in [0.15, 0.2) is 78.9 Å². The van der Waals surface area contributed by atoms with Crippen molar-refractivity contribution >= 4 is 17.5 Å². The highest BCUT2D eigenvalue weighted by Crippen LogP contribution is 2.20. The van der Waals surface area contributed by atoms with E-state index in [1.165, 1.54) is 0 Å². The van der Waals surface area contributed by atoms with Gasteiger partial charge in [0.1, 0.15) is 24.7 Å². The van der Waals surface area contributed by atoms with E-state index in [1.54, 1.807) is 42.5 Å². The molecule has 3 aromatic rings. The Hall–Kier alpha value is -3.80. The van der Waals surface area contributed by atoms with Gasteiger partial charge in [0.2, 0.25) is 0 Å². The first kappa shape index (κ1) is 20.9. The van der Waals surface area contributed by atoms with Crippen LogP contribution in [0.25, 0.3) is 0 Å². The van der Waals surface area contributed by atoms with Crippen LogP contribution in [0.2, 0.25) is 0 Å². The van der Waals surface area contributed by atoms with Crippen molar-refractivity contribution in [3.05, 3.63) is 90.0 Å². The van der Waals surface area contributed by atoms with Gasteiger partial charge in [0.15, 0.2) is 0 Å². The van der Waals surface area contributed by atoms with E-state index in [9.17, 15) is 9.59 Å². The van der Waals surface area contributed by atoms with Crippen molar-refractivity contribution in [2.75, 3.05) is 25.1 Å². The quantitative estimate of drug-likeness (QED) is 0.526. The van der Waals surface area contributed by atoms with Crippen molar-refractivity contribution < 1.29 is 19.1 Å². The monoisotopic (exact) mass is 404 g/mol. The summed E-state index contributed by atoms with van der Waals surface area (Å²) in [6.45, 7) is 3.09. The zero-order chi connectivity index (χ0) is 21.2. The van der Waals surface area contributed by atoms with E-state index in [1.807, 2.05) is 43.3 Å². The Morgan fingerprint density at radius 3 is 2.17 bits per heavy atom. The van der Waals surface area contributed by atoms with Gasteiger partial charge in [0.05, 0.1) is 5.56 Å². The number of ether oxygens (including phenoxy) is 2. The fourth-order valence-electron chi connectivity index (χ4n) is 2.77. The lowest BCUT2D eigenvalue weighted by Crippen LogP contribution is -2.22. The van der Waals surface area contributed by atoms with E-state index in [4.69, 9.17) is 9.47 Å². The van der Waals surface area contributed by atoms with Gasteiger partial charge in [-0.15, -0.1) is 0 Å². The van der Waals surface area contributed by atoms with E-state index in [0.29, 0.717) is 42.3 Å². The normalized spacial score (nSPS) is 10.2. The van der Waals surface area contributed by atoms with Gasteiger partial charge >= 0.3 is 0 Å². The van der Waals surface area contributed by atoms with Gasteiger partial charge in [-0.3, -0.25) is 9.59 Å². The molecular formula is C24H24N2O4. The highest BCUT2D eigenvalue weighted by Gasteiger charge is 2.13. The van der Waals surface area contributed by atoms with E-state index in [-0.39, 0.29) is 11.8 Å². The van der Waals surface area contributed by atoms with Crippen LogP contribution < -0.4 is 20.1 Å². The highest BCUT2D eigenvalue weighted by atomic mass is 16.5. The van der Waals surface area contributed by atoms with Crippen LogP contribution in [0.4, 0.5) is 5.69 Å². The third kappa shape index (κ3) is 5.85. The summed E-state index contributed by atoms with van der Waals surface area (Å²) in [5.41, 5.74) is 1.55. The summed E-state index contributed by atoms with van der Waals surface area (Å²) in [6.07, 6.45) is 0. The highest BCUT2D eigenvalue weighted by molar-refractivity contribution is 6.06. The Morgan fingerprint density at radius 2 is 1.43 bits per heavy atom. The fourth-order valence-corrected chi connectivity index (χ4v) is 2.77. The number of carbonyl (C=O) groups is 2. The Morgan fingerprint density at radius 1 is 0.767 bits per heavy atom. The number of hydrogen-bond donors (Lipinski definition) is 2. The summed E-state index contributed by atoms with van der Waals surface area (Å²) in [6, 6.07) is 23.2. The molecule has 0 saturated carbocycles. The van der Waals surface area contributed by atoms with E-state index < -0.39 is 0 Å². The number of para-hydroxylation sites is 2. The first-order valence-electron chi connectivity index (χ1n) is 9.76. The zero-order valence-corrected chi connectivity index (χ0v) is 16.8. The van der Waals surface area contributed by atoms with E-state index in [0.717, 1.165) is 5.75 Å². The molecule has 6 heteroatoms. The van der Waals surface area contributed by atoms with Crippen LogP contribution >= 0.6 is 0 Å². The second-order valence-electron chi connectivity index (χ2n) is 6.40. The van der Waals surface area contributed by atoms with Crippen LogP contribution in [-0.2, 0) is 0 Å². The number of carbonyl (C=O) groups excluding carboxylic acids is 2. The lowest BCUT2D eigenvalue weighted by atomic mass is 10.1. The van der Waals surface area contributed by atoms with Gasteiger partial charge in [0.25, 0.3) is 11.8 Å². The average molecular weight is 404 g/mol. The molecule has 0 aromatic heterocycles. The summed E-state index contributed by atoms with van der Waals surface area (Å²) in [5.74, 6) is 0.806. The molecule has 2 N–H and O–H groups in total. The van der Waals surface area contributed by atoms with Crippen LogP contribution in [0, 0.1) is 0 Å². The standard InChI is InChI=1S/C24H24N2O4/c1-2-25-23(27)18-12-14-19(15-13-18)26-24(28)21-10-6-7-11-22(21)30-17-16-29-20-8-4-3-5-9-20/h3-15H,2,16-17H2,1H3,(H,25,27)(H,26,28). The maximum atomic E-state index is 12.7. The van der Waals surface area contributed by atoms with Crippen molar-refractivity contribution in [1.82, 2.24) is 5.32 Å². The van der Waals surface area contributed by atoms with E-state index >= 15 is 0 Å². The van der Waals surface area contributed by atoms with Crippen molar-refractivity contribution in [1.29, 1.82) is 0 Å². The Balaban J connectivity index is 1.57. The predicted molar refractivity (Wildman–Crippen MR) is 116 cm³/mol. The average Bonchev–Trinajstić information content (AvgIpc) is 2.78. The maximum absolute atomic E-state index is 12.7. The summed E-state index contributed by atoms with van der Waals surface area (Å²) in [7, 11) is 0. The van der Waals surface area contributed by atoms with Crippen molar-refractivity contribution in [2.45, 2.75) is 6.92 Å². The van der Waals surface area contributed by atoms with Crippen molar-refractivity contribution in [3.8, 4) is 11.5 Å². The molecular weight excluding hydrogens is 380 g/mol. The molecule has 154 valence electrons. The Labute approximate surface area is 175 Å². The number of hydrogen-bond acceptors (Lipinski definition) is 4. The zero-order valence-electron chi connectivity index (χ0n) is 16.8. The summed E-state index contributed by atoms with van der Waals surface area (Å²) in [5, 5.41) is 5.57. The second kappa shape index (κ2) is 10.7. The maximum Gasteiger partial charge on any atom is 0.259 e. The molecule has 0 spiro atoms.